The zero-order chi connectivity index (χ0) is 14.0. The van der Waals surface area contributed by atoms with Gasteiger partial charge in [-0.15, -0.1) is 0 Å². The fraction of sp³-hybridized carbons (Fsp3) is 0.545. The van der Waals surface area contributed by atoms with E-state index in [2.05, 4.69) is 10.4 Å². The van der Waals surface area contributed by atoms with Gasteiger partial charge in [-0.3, -0.25) is 0 Å². The fourth-order valence-corrected chi connectivity index (χ4v) is 2.01. The van der Waals surface area contributed by atoms with Crippen molar-refractivity contribution < 1.29 is 18.3 Å². The number of aliphatic hydroxyl groups is 1. The molecule has 0 saturated carbocycles. The highest BCUT2D eigenvalue weighted by Gasteiger charge is 2.32. The number of nitrogen functional groups attached to an aromatic ring is 1. The van der Waals surface area contributed by atoms with Gasteiger partial charge in [-0.1, -0.05) is 0 Å². The number of nitrogens with zero attached hydrogens (tertiary/aromatic N) is 2. The average Bonchev–Trinajstić information content (AvgIpc) is 2.38. The van der Waals surface area contributed by atoms with Crippen LogP contribution in [0, 0.1) is 0 Å². The van der Waals surface area contributed by atoms with Gasteiger partial charge in [-0.2, -0.15) is 13.2 Å². The number of pyridine rings is 1. The molecule has 1 fully saturated rings. The largest absolute Gasteiger partial charge is 0.416 e. The minimum absolute atomic E-state index is 0.0315. The highest BCUT2D eigenvalue weighted by Crippen LogP contribution is 2.33. The third kappa shape index (κ3) is 3.27. The number of alkyl halides is 3. The lowest BCUT2D eigenvalue weighted by molar-refractivity contribution is -0.137. The number of rotatable bonds is 2. The summed E-state index contributed by atoms with van der Waals surface area (Å²) >= 11 is 0. The lowest BCUT2D eigenvalue weighted by atomic mass is 10.1. The molecular weight excluding hydrogens is 261 g/mol. The molecule has 2 heterocycles. The third-order valence-corrected chi connectivity index (χ3v) is 3.08. The van der Waals surface area contributed by atoms with Crippen LogP contribution in [0.1, 0.15) is 18.4 Å². The summed E-state index contributed by atoms with van der Waals surface area (Å²) < 4.78 is 38.3. The van der Waals surface area contributed by atoms with Crippen LogP contribution >= 0.6 is 0 Å². The summed E-state index contributed by atoms with van der Waals surface area (Å²) in [5, 5.41) is 9.40. The molecule has 0 atom stereocenters. The maximum Gasteiger partial charge on any atom is 0.416 e. The van der Waals surface area contributed by atoms with E-state index in [9.17, 15) is 18.3 Å². The molecular formula is C11H15F3N4O. The molecule has 8 heteroatoms. The predicted octanol–water partition coefficient (Wildman–Crippen LogP) is 1.35. The number of nitrogens with two attached hydrogens (primary N) is 1. The Morgan fingerprint density at radius 1 is 1.32 bits per heavy atom. The summed E-state index contributed by atoms with van der Waals surface area (Å²) in [6, 6.07) is 1.86. The van der Waals surface area contributed by atoms with E-state index < -0.39 is 17.8 Å². The van der Waals surface area contributed by atoms with Crippen LogP contribution in [0.15, 0.2) is 12.1 Å². The molecule has 0 aromatic carbocycles. The maximum atomic E-state index is 12.8. The van der Waals surface area contributed by atoms with Crippen LogP contribution in [-0.2, 0) is 6.18 Å². The van der Waals surface area contributed by atoms with Gasteiger partial charge in [-0.05, 0) is 25.0 Å². The van der Waals surface area contributed by atoms with E-state index in [1.54, 1.807) is 4.90 Å². The SMILES string of the molecule is NNc1cc(C(F)(F)F)cc(N2CCC(O)CC2)n1. The van der Waals surface area contributed by atoms with Crippen molar-refractivity contribution >= 4 is 11.6 Å². The van der Waals surface area contributed by atoms with E-state index in [4.69, 9.17) is 5.84 Å². The Bertz CT molecular complexity index is 444. The third-order valence-electron chi connectivity index (χ3n) is 3.08. The van der Waals surface area contributed by atoms with Gasteiger partial charge in [-0.25, -0.2) is 10.8 Å². The Morgan fingerprint density at radius 3 is 2.47 bits per heavy atom. The highest BCUT2D eigenvalue weighted by atomic mass is 19.4. The first kappa shape index (κ1) is 13.9. The summed E-state index contributed by atoms with van der Waals surface area (Å²) in [6.45, 7) is 0.943. The van der Waals surface area contributed by atoms with Crippen LogP contribution in [0.2, 0.25) is 0 Å². The summed E-state index contributed by atoms with van der Waals surface area (Å²) in [4.78, 5) is 5.73. The molecule has 1 aromatic rings. The van der Waals surface area contributed by atoms with Crippen LogP contribution in [-0.4, -0.2) is 29.3 Å². The first-order valence-corrected chi connectivity index (χ1v) is 5.89. The number of aliphatic hydroxyl groups excluding tert-OH is 1. The van der Waals surface area contributed by atoms with E-state index >= 15 is 0 Å². The Labute approximate surface area is 108 Å². The summed E-state index contributed by atoms with van der Waals surface area (Å²) in [5.41, 5.74) is 1.35. The van der Waals surface area contributed by atoms with Gasteiger partial charge in [0.15, 0.2) is 0 Å². The van der Waals surface area contributed by atoms with Crippen LogP contribution in [0.25, 0.3) is 0 Å². The number of nitrogens with one attached hydrogen (secondary N) is 1. The van der Waals surface area contributed by atoms with Crippen LogP contribution in [0.4, 0.5) is 24.8 Å². The van der Waals surface area contributed by atoms with Crippen molar-refractivity contribution in [3.63, 3.8) is 0 Å². The minimum atomic E-state index is -4.45. The van der Waals surface area contributed by atoms with Crippen molar-refractivity contribution in [2.75, 3.05) is 23.4 Å². The van der Waals surface area contributed by atoms with E-state index in [1.165, 1.54) is 0 Å². The molecule has 0 unspecified atom stereocenters. The van der Waals surface area contributed by atoms with Crippen LogP contribution < -0.4 is 16.2 Å². The smallest absolute Gasteiger partial charge is 0.393 e. The quantitative estimate of drug-likeness (QED) is 0.561. The van der Waals surface area contributed by atoms with Crippen LogP contribution in [0.5, 0.6) is 0 Å². The van der Waals surface area contributed by atoms with E-state index in [0.717, 1.165) is 12.1 Å². The van der Waals surface area contributed by atoms with Crippen molar-refractivity contribution in [1.29, 1.82) is 0 Å². The summed E-state index contributed by atoms with van der Waals surface area (Å²) in [5.74, 6) is 5.33. The fourth-order valence-electron chi connectivity index (χ4n) is 2.01. The van der Waals surface area contributed by atoms with Gasteiger partial charge >= 0.3 is 6.18 Å². The summed E-state index contributed by atoms with van der Waals surface area (Å²) in [6.07, 6.45) is -3.81. The van der Waals surface area contributed by atoms with E-state index in [0.29, 0.717) is 25.9 Å². The number of hydrogen-bond donors (Lipinski definition) is 3. The molecule has 19 heavy (non-hydrogen) atoms. The normalized spacial score (nSPS) is 17.6. The number of halogens is 3. The van der Waals surface area contributed by atoms with Gasteiger partial charge < -0.3 is 15.4 Å². The van der Waals surface area contributed by atoms with Crippen molar-refractivity contribution in [2.45, 2.75) is 25.1 Å². The number of hydrazine groups is 1. The molecule has 0 radical (unpaired) electrons. The number of anilines is 2. The Kier molecular flexibility index (Phi) is 3.81. The summed E-state index contributed by atoms with van der Waals surface area (Å²) in [7, 11) is 0. The molecule has 1 aliphatic rings. The van der Waals surface area contributed by atoms with Crippen molar-refractivity contribution in [3.05, 3.63) is 17.7 Å². The van der Waals surface area contributed by atoms with Gasteiger partial charge in [0, 0.05) is 13.1 Å². The van der Waals surface area contributed by atoms with E-state index in [-0.39, 0.29) is 11.6 Å². The Hall–Kier alpha value is -1.54. The molecule has 1 aromatic heterocycles. The van der Waals surface area contributed by atoms with Gasteiger partial charge in [0.25, 0.3) is 0 Å². The molecule has 0 amide bonds. The van der Waals surface area contributed by atoms with Gasteiger partial charge in [0.2, 0.25) is 0 Å². The second kappa shape index (κ2) is 5.22. The first-order valence-electron chi connectivity index (χ1n) is 5.89. The van der Waals surface area contributed by atoms with E-state index in [1.807, 2.05) is 0 Å². The zero-order valence-corrected chi connectivity index (χ0v) is 10.1. The maximum absolute atomic E-state index is 12.8. The second-order valence-corrected chi connectivity index (χ2v) is 4.46. The Morgan fingerprint density at radius 2 is 1.95 bits per heavy atom. The minimum Gasteiger partial charge on any atom is -0.393 e. The highest BCUT2D eigenvalue weighted by molar-refractivity contribution is 5.51. The first-order chi connectivity index (χ1) is 8.90. The topological polar surface area (TPSA) is 74.4 Å². The Balaban J connectivity index is 2.29. The predicted molar refractivity (Wildman–Crippen MR) is 64.5 cm³/mol. The number of aromatic nitrogens is 1. The van der Waals surface area contributed by atoms with Crippen LogP contribution in [0.3, 0.4) is 0 Å². The zero-order valence-electron chi connectivity index (χ0n) is 10.1. The van der Waals surface area contributed by atoms with Crippen molar-refractivity contribution in [2.24, 2.45) is 5.84 Å². The molecule has 1 aliphatic heterocycles. The molecule has 0 aliphatic carbocycles. The number of piperidine rings is 1. The second-order valence-electron chi connectivity index (χ2n) is 4.46. The molecule has 5 nitrogen and oxygen atoms in total. The lowest BCUT2D eigenvalue weighted by Crippen LogP contribution is -2.36. The monoisotopic (exact) mass is 276 g/mol. The molecule has 0 bridgehead atoms. The van der Waals surface area contributed by atoms with Crippen molar-refractivity contribution in [1.82, 2.24) is 4.98 Å². The molecule has 106 valence electrons. The molecule has 2 rings (SSSR count). The average molecular weight is 276 g/mol. The van der Waals surface area contributed by atoms with Gasteiger partial charge in [0.1, 0.15) is 11.6 Å². The molecule has 1 saturated heterocycles. The molecule has 0 spiro atoms. The molecule has 4 N–H and O–H groups in total. The van der Waals surface area contributed by atoms with Crippen molar-refractivity contribution in [3.8, 4) is 0 Å². The number of hydrogen-bond acceptors (Lipinski definition) is 5. The van der Waals surface area contributed by atoms with Gasteiger partial charge in [0.05, 0.1) is 11.7 Å². The lowest BCUT2D eigenvalue weighted by Gasteiger charge is -2.31. The standard InChI is InChI=1S/C11H15F3N4O/c12-11(13,14)7-5-9(17-15)16-10(6-7)18-3-1-8(19)2-4-18/h5-6,8,19H,1-4,15H2,(H,16,17).